The van der Waals surface area contributed by atoms with Gasteiger partial charge >= 0.3 is 0 Å². The molecular weight excluding hydrogens is 366 g/mol. The first-order chi connectivity index (χ1) is 8.63. The molecule has 3 N–H and O–H groups in total. The summed E-state index contributed by atoms with van der Waals surface area (Å²) in [6.07, 6.45) is 0. The van der Waals surface area contributed by atoms with Crippen LogP contribution in [0.15, 0.2) is 42.5 Å². The van der Waals surface area contributed by atoms with Crippen LogP contribution in [0.3, 0.4) is 0 Å². The van der Waals surface area contributed by atoms with E-state index in [9.17, 15) is 4.39 Å². The molecule has 0 spiro atoms. The number of hydrazine groups is 1. The van der Waals surface area contributed by atoms with Crippen LogP contribution in [-0.4, -0.2) is 0 Å². The van der Waals surface area contributed by atoms with Gasteiger partial charge in [0.25, 0.3) is 0 Å². The number of rotatable bonds is 3. The lowest BCUT2D eigenvalue weighted by atomic mass is 9.99. The van der Waals surface area contributed by atoms with E-state index >= 15 is 0 Å². The molecule has 0 aromatic heterocycles. The molecule has 2 aromatic carbocycles. The quantitative estimate of drug-likeness (QED) is 0.488. The summed E-state index contributed by atoms with van der Waals surface area (Å²) in [6, 6.07) is 11.7. The van der Waals surface area contributed by atoms with Crippen molar-refractivity contribution in [2.75, 3.05) is 0 Å². The topological polar surface area (TPSA) is 38.0 Å². The SMILES string of the molecule is NNC(c1ccc(I)c(Cl)c1)c1ccccc1F. The highest BCUT2D eigenvalue weighted by atomic mass is 127. The Hall–Kier alpha value is -0.690. The van der Waals surface area contributed by atoms with Crippen molar-refractivity contribution in [3.05, 3.63) is 68.0 Å². The van der Waals surface area contributed by atoms with E-state index < -0.39 is 6.04 Å². The third-order valence-electron chi connectivity index (χ3n) is 2.66. The number of nitrogens with one attached hydrogen (secondary N) is 1. The molecule has 2 aromatic rings. The summed E-state index contributed by atoms with van der Waals surface area (Å²) in [6.45, 7) is 0. The zero-order valence-electron chi connectivity index (χ0n) is 9.33. The average molecular weight is 377 g/mol. The highest BCUT2D eigenvalue weighted by molar-refractivity contribution is 14.1. The average Bonchev–Trinajstić information content (AvgIpc) is 2.37. The Balaban J connectivity index is 2.45. The van der Waals surface area contributed by atoms with Crippen LogP contribution in [0.2, 0.25) is 5.02 Å². The van der Waals surface area contributed by atoms with E-state index in [2.05, 4.69) is 28.0 Å². The molecule has 18 heavy (non-hydrogen) atoms. The maximum absolute atomic E-state index is 13.8. The van der Waals surface area contributed by atoms with Gasteiger partial charge in [0.1, 0.15) is 5.82 Å². The van der Waals surface area contributed by atoms with Gasteiger partial charge in [-0.25, -0.2) is 9.82 Å². The molecule has 0 saturated carbocycles. The van der Waals surface area contributed by atoms with Crippen molar-refractivity contribution in [2.45, 2.75) is 6.04 Å². The first kappa shape index (κ1) is 13.7. The van der Waals surface area contributed by atoms with Crippen LogP contribution in [0.1, 0.15) is 17.2 Å². The van der Waals surface area contributed by atoms with Gasteiger partial charge in [0.2, 0.25) is 0 Å². The van der Waals surface area contributed by atoms with Crippen LogP contribution in [0.25, 0.3) is 0 Å². The molecule has 0 saturated heterocycles. The van der Waals surface area contributed by atoms with Crippen molar-refractivity contribution in [3.8, 4) is 0 Å². The minimum absolute atomic E-state index is 0.296. The summed E-state index contributed by atoms with van der Waals surface area (Å²) in [7, 11) is 0. The lowest BCUT2D eigenvalue weighted by Gasteiger charge is -2.18. The third kappa shape index (κ3) is 2.83. The second kappa shape index (κ2) is 5.97. The van der Waals surface area contributed by atoms with Crippen molar-refractivity contribution in [2.24, 2.45) is 5.84 Å². The van der Waals surface area contributed by atoms with Gasteiger partial charge in [0.05, 0.1) is 11.1 Å². The Labute approximate surface area is 123 Å². The Bertz CT molecular complexity index is 562. The van der Waals surface area contributed by atoms with E-state index in [1.807, 2.05) is 12.1 Å². The van der Waals surface area contributed by atoms with Crippen LogP contribution in [0.5, 0.6) is 0 Å². The van der Waals surface area contributed by atoms with Crippen molar-refractivity contribution in [1.29, 1.82) is 0 Å². The second-order valence-electron chi connectivity index (χ2n) is 3.79. The van der Waals surface area contributed by atoms with Gasteiger partial charge in [0.15, 0.2) is 0 Å². The number of hydrogen-bond donors (Lipinski definition) is 2. The van der Waals surface area contributed by atoms with Crippen molar-refractivity contribution in [1.82, 2.24) is 5.43 Å². The van der Waals surface area contributed by atoms with Crippen LogP contribution < -0.4 is 11.3 Å². The third-order valence-corrected chi connectivity index (χ3v) is 4.23. The number of benzene rings is 2. The predicted octanol–water partition coefficient (Wildman–Crippen LogP) is 3.64. The van der Waals surface area contributed by atoms with Gasteiger partial charge in [-0.3, -0.25) is 5.84 Å². The van der Waals surface area contributed by atoms with Crippen LogP contribution >= 0.6 is 34.2 Å². The maximum atomic E-state index is 13.8. The fourth-order valence-electron chi connectivity index (χ4n) is 1.77. The largest absolute Gasteiger partial charge is 0.271 e. The summed E-state index contributed by atoms with van der Waals surface area (Å²) in [5, 5.41) is 0.629. The molecule has 94 valence electrons. The Morgan fingerprint density at radius 3 is 2.56 bits per heavy atom. The summed E-state index contributed by atoms with van der Waals surface area (Å²) < 4.78 is 14.7. The van der Waals surface area contributed by atoms with Crippen LogP contribution in [0, 0.1) is 9.39 Å². The van der Waals surface area contributed by atoms with E-state index in [0.29, 0.717) is 10.6 Å². The fourth-order valence-corrected chi connectivity index (χ4v) is 2.29. The first-order valence-electron chi connectivity index (χ1n) is 5.29. The molecule has 5 heteroatoms. The maximum Gasteiger partial charge on any atom is 0.128 e. The molecule has 0 fully saturated rings. The van der Waals surface area contributed by atoms with E-state index in [1.165, 1.54) is 6.07 Å². The summed E-state index contributed by atoms with van der Waals surface area (Å²) in [4.78, 5) is 0. The molecule has 0 bridgehead atoms. The minimum atomic E-state index is -0.416. The molecule has 0 amide bonds. The highest BCUT2D eigenvalue weighted by Gasteiger charge is 2.16. The lowest BCUT2D eigenvalue weighted by Crippen LogP contribution is -2.29. The molecule has 1 unspecified atom stereocenters. The van der Waals surface area contributed by atoms with Gasteiger partial charge in [0, 0.05) is 9.13 Å². The van der Waals surface area contributed by atoms with Crippen molar-refractivity contribution in [3.63, 3.8) is 0 Å². The normalized spacial score (nSPS) is 12.4. The Kier molecular flexibility index (Phi) is 4.55. The minimum Gasteiger partial charge on any atom is -0.271 e. The highest BCUT2D eigenvalue weighted by Crippen LogP contribution is 2.28. The zero-order chi connectivity index (χ0) is 13.1. The van der Waals surface area contributed by atoms with Crippen LogP contribution in [-0.2, 0) is 0 Å². The van der Waals surface area contributed by atoms with Crippen molar-refractivity contribution < 1.29 is 4.39 Å². The van der Waals surface area contributed by atoms with E-state index in [0.717, 1.165) is 9.13 Å². The lowest BCUT2D eigenvalue weighted by molar-refractivity contribution is 0.560. The van der Waals surface area contributed by atoms with E-state index in [4.69, 9.17) is 17.4 Å². The molecule has 2 rings (SSSR count). The van der Waals surface area contributed by atoms with Gasteiger partial charge in [-0.1, -0.05) is 35.9 Å². The molecule has 2 nitrogen and oxygen atoms in total. The van der Waals surface area contributed by atoms with E-state index in [-0.39, 0.29) is 5.82 Å². The Morgan fingerprint density at radius 2 is 1.94 bits per heavy atom. The second-order valence-corrected chi connectivity index (χ2v) is 5.36. The predicted molar refractivity (Wildman–Crippen MR) is 79.7 cm³/mol. The molecule has 0 aliphatic heterocycles. The zero-order valence-corrected chi connectivity index (χ0v) is 12.2. The fraction of sp³-hybridized carbons (Fsp3) is 0.0769. The summed E-state index contributed by atoms with van der Waals surface area (Å²) >= 11 is 8.21. The Morgan fingerprint density at radius 1 is 1.22 bits per heavy atom. The molecule has 0 aliphatic rings. The van der Waals surface area contributed by atoms with Gasteiger partial charge < -0.3 is 0 Å². The standard InChI is InChI=1S/C13H11ClFIN2/c14-10-7-8(5-6-12(10)16)13(18-17)9-3-1-2-4-11(9)15/h1-7,13,18H,17H2. The van der Waals surface area contributed by atoms with Crippen LogP contribution in [0.4, 0.5) is 4.39 Å². The van der Waals surface area contributed by atoms with E-state index in [1.54, 1.807) is 24.3 Å². The van der Waals surface area contributed by atoms with Gasteiger partial charge in [-0.05, 0) is 46.4 Å². The smallest absolute Gasteiger partial charge is 0.128 e. The molecule has 0 radical (unpaired) electrons. The van der Waals surface area contributed by atoms with Crippen molar-refractivity contribution >= 4 is 34.2 Å². The molecule has 0 heterocycles. The summed E-state index contributed by atoms with van der Waals surface area (Å²) in [5.41, 5.74) is 3.95. The number of halogens is 3. The number of hydrogen-bond acceptors (Lipinski definition) is 2. The van der Waals surface area contributed by atoms with Gasteiger partial charge in [-0.15, -0.1) is 0 Å². The molecule has 0 aliphatic carbocycles. The molecular formula is C13H11ClFIN2. The summed E-state index contributed by atoms with van der Waals surface area (Å²) in [5.74, 6) is 5.24. The molecule has 1 atom stereocenters. The first-order valence-corrected chi connectivity index (χ1v) is 6.74. The number of nitrogens with two attached hydrogens (primary N) is 1. The monoisotopic (exact) mass is 376 g/mol. The van der Waals surface area contributed by atoms with Gasteiger partial charge in [-0.2, -0.15) is 0 Å².